The Morgan fingerprint density at radius 1 is 1.08 bits per heavy atom. The van der Waals surface area contributed by atoms with E-state index in [9.17, 15) is 4.39 Å². The van der Waals surface area contributed by atoms with Gasteiger partial charge in [0, 0.05) is 31.4 Å². The lowest BCUT2D eigenvalue weighted by Crippen LogP contribution is -2.23. The van der Waals surface area contributed by atoms with Crippen molar-refractivity contribution in [3.05, 3.63) is 83.4 Å². The SMILES string of the molecule is COc1ccc(C(Cc2ccc(F)cc2)NCc2cnn(C)c2)cc1. The van der Waals surface area contributed by atoms with Gasteiger partial charge in [0.25, 0.3) is 0 Å². The number of methoxy groups -OCH3 is 1. The van der Waals surface area contributed by atoms with E-state index in [0.29, 0.717) is 6.54 Å². The smallest absolute Gasteiger partial charge is 0.123 e. The Balaban J connectivity index is 1.77. The molecule has 0 saturated heterocycles. The third kappa shape index (κ3) is 4.67. The van der Waals surface area contributed by atoms with Crippen LogP contribution in [0.1, 0.15) is 22.7 Å². The number of benzene rings is 2. The Hall–Kier alpha value is -2.66. The number of halogens is 1. The van der Waals surface area contributed by atoms with E-state index in [2.05, 4.69) is 22.5 Å². The van der Waals surface area contributed by atoms with Crippen molar-refractivity contribution in [2.45, 2.75) is 19.0 Å². The minimum Gasteiger partial charge on any atom is -0.497 e. The van der Waals surface area contributed by atoms with Gasteiger partial charge in [-0.15, -0.1) is 0 Å². The molecule has 1 aromatic heterocycles. The summed E-state index contributed by atoms with van der Waals surface area (Å²) < 4.78 is 20.2. The molecule has 0 fully saturated rings. The van der Waals surface area contributed by atoms with Gasteiger partial charge in [-0.3, -0.25) is 4.68 Å². The number of hydrogen-bond acceptors (Lipinski definition) is 3. The zero-order valence-corrected chi connectivity index (χ0v) is 14.4. The maximum Gasteiger partial charge on any atom is 0.123 e. The maximum atomic E-state index is 13.2. The van der Waals surface area contributed by atoms with Crippen molar-refractivity contribution in [1.82, 2.24) is 15.1 Å². The molecule has 25 heavy (non-hydrogen) atoms. The number of nitrogens with one attached hydrogen (secondary N) is 1. The summed E-state index contributed by atoms with van der Waals surface area (Å²) in [5, 5.41) is 7.78. The van der Waals surface area contributed by atoms with Crippen LogP contribution in [-0.2, 0) is 20.0 Å². The molecule has 0 radical (unpaired) electrons. The van der Waals surface area contributed by atoms with Gasteiger partial charge in [-0.05, 0) is 41.8 Å². The molecular formula is C20H22FN3O. The van der Waals surface area contributed by atoms with E-state index in [4.69, 9.17) is 4.74 Å². The lowest BCUT2D eigenvalue weighted by atomic mass is 9.98. The van der Waals surface area contributed by atoms with Crippen molar-refractivity contribution in [3.8, 4) is 5.75 Å². The summed E-state index contributed by atoms with van der Waals surface area (Å²) >= 11 is 0. The highest BCUT2D eigenvalue weighted by Gasteiger charge is 2.13. The number of aromatic nitrogens is 2. The average molecular weight is 339 g/mol. The van der Waals surface area contributed by atoms with Crippen molar-refractivity contribution in [3.63, 3.8) is 0 Å². The van der Waals surface area contributed by atoms with Gasteiger partial charge in [0.15, 0.2) is 0 Å². The van der Waals surface area contributed by atoms with Gasteiger partial charge in [0.2, 0.25) is 0 Å². The quantitative estimate of drug-likeness (QED) is 0.714. The van der Waals surface area contributed by atoms with Gasteiger partial charge in [0.1, 0.15) is 11.6 Å². The topological polar surface area (TPSA) is 39.1 Å². The van der Waals surface area contributed by atoms with Crippen molar-refractivity contribution < 1.29 is 9.13 Å². The van der Waals surface area contributed by atoms with Crippen molar-refractivity contribution >= 4 is 0 Å². The number of nitrogens with zero attached hydrogens (tertiary/aromatic N) is 2. The van der Waals surface area contributed by atoms with E-state index in [-0.39, 0.29) is 11.9 Å². The Morgan fingerprint density at radius 3 is 2.40 bits per heavy atom. The van der Waals surface area contributed by atoms with Crippen LogP contribution in [0.5, 0.6) is 5.75 Å². The van der Waals surface area contributed by atoms with E-state index in [1.54, 1.807) is 11.8 Å². The van der Waals surface area contributed by atoms with Gasteiger partial charge < -0.3 is 10.1 Å². The first-order chi connectivity index (χ1) is 12.1. The largest absolute Gasteiger partial charge is 0.497 e. The van der Waals surface area contributed by atoms with Crippen LogP contribution in [-0.4, -0.2) is 16.9 Å². The molecule has 0 spiro atoms. The minimum absolute atomic E-state index is 0.108. The number of rotatable bonds is 7. The summed E-state index contributed by atoms with van der Waals surface area (Å²) in [5.74, 6) is 0.615. The minimum atomic E-state index is -0.215. The molecule has 5 heteroatoms. The summed E-state index contributed by atoms with van der Waals surface area (Å²) in [6.45, 7) is 0.714. The normalized spacial score (nSPS) is 12.1. The zero-order chi connectivity index (χ0) is 17.6. The van der Waals surface area contributed by atoms with E-state index < -0.39 is 0 Å². The van der Waals surface area contributed by atoms with Gasteiger partial charge in [-0.25, -0.2) is 4.39 Å². The predicted molar refractivity (Wildman–Crippen MR) is 95.9 cm³/mol. The van der Waals surface area contributed by atoms with Crippen LogP contribution in [0.3, 0.4) is 0 Å². The van der Waals surface area contributed by atoms with Crippen LogP contribution in [0.15, 0.2) is 60.9 Å². The fourth-order valence-electron chi connectivity index (χ4n) is 2.80. The number of aryl methyl sites for hydroxylation is 1. The molecular weight excluding hydrogens is 317 g/mol. The highest BCUT2D eigenvalue weighted by atomic mass is 19.1. The molecule has 0 bridgehead atoms. The van der Waals surface area contributed by atoms with Crippen LogP contribution < -0.4 is 10.1 Å². The average Bonchev–Trinajstić information content (AvgIpc) is 3.06. The van der Waals surface area contributed by atoms with Crippen LogP contribution >= 0.6 is 0 Å². The summed E-state index contributed by atoms with van der Waals surface area (Å²) in [6, 6.07) is 14.8. The molecule has 130 valence electrons. The predicted octanol–water partition coefficient (Wildman–Crippen LogP) is 3.64. The number of ether oxygens (including phenoxy) is 1. The summed E-state index contributed by atoms with van der Waals surface area (Å²) in [6.07, 6.45) is 4.62. The summed E-state index contributed by atoms with van der Waals surface area (Å²) in [7, 11) is 3.56. The van der Waals surface area contributed by atoms with Crippen molar-refractivity contribution in [2.75, 3.05) is 7.11 Å². The molecule has 1 atom stereocenters. The second-order valence-electron chi connectivity index (χ2n) is 6.06. The van der Waals surface area contributed by atoms with E-state index in [0.717, 1.165) is 28.9 Å². The monoisotopic (exact) mass is 339 g/mol. The van der Waals surface area contributed by atoms with Gasteiger partial charge >= 0.3 is 0 Å². The zero-order valence-electron chi connectivity index (χ0n) is 14.4. The Morgan fingerprint density at radius 2 is 1.80 bits per heavy atom. The van der Waals surface area contributed by atoms with Crippen molar-refractivity contribution in [2.24, 2.45) is 7.05 Å². The van der Waals surface area contributed by atoms with E-state index in [1.165, 1.54) is 12.1 Å². The fraction of sp³-hybridized carbons (Fsp3) is 0.250. The number of hydrogen-bond donors (Lipinski definition) is 1. The molecule has 4 nitrogen and oxygen atoms in total. The third-order valence-electron chi connectivity index (χ3n) is 4.18. The standard InChI is InChI=1S/C20H22FN3O/c1-24-14-16(13-23-24)12-22-20(11-15-3-7-18(21)8-4-15)17-5-9-19(25-2)10-6-17/h3-10,13-14,20,22H,11-12H2,1-2H3. The first-order valence-corrected chi connectivity index (χ1v) is 8.23. The van der Waals surface area contributed by atoms with Gasteiger partial charge in [-0.2, -0.15) is 5.10 Å². The highest BCUT2D eigenvalue weighted by molar-refractivity contribution is 5.30. The molecule has 1 N–H and O–H groups in total. The summed E-state index contributed by atoms with van der Waals surface area (Å²) in [4.78, 5) is 0. The molecule has 1 unspecified atom stereocenters. The molecule has 2 aromatic carbocycles. The Bertz CT molecular complexity index is 797. The molecule has 3 aromatic rings. The lowest BCUT2D eigenvalue weighted by molar-refractivity contribution is 0.414. The first kappa shape index (κ1) is 17.2. The second kappa shape index (κ2) is 7.94. The van der Waals surface area contributed by atoms with E-state index in [1.807, 2.05) is 43.7 Å². The molecule has 0 amide bonds. The van der Waals surface area contributed by atoms with Crippen LogP contribution in [0.2, 0.25) is 0 Å². The molecule has 1 heterocycles. The maximum absolute atomic E-state index is 13.2. The highest BCUT2D eigenvalue weighted by Crippen LogP contribution is 2.22. The van der Waals surface area contributed by atoms with Gasteiger partial charge in [0.05, 0.1) is 13.3 Å². The molecule has 0 saturated carbocycles. The molecule has 0 aliphatic carbocycles. The van der Waals surface area contributed by atoms with Crippen LogP contribution in [0.25, 0.3) is 0 Å². The fourth-order valence-corrected chi connectivity index (χ4v) is 2.80. The Kier molecular flexibility index (Phi) is 5.46. The van der Waals surface area contributed by atoms with Gasteiger partial charge in [-0.1, -0.05) is 24.3 Å². The molecule has 0 aliphatic heterocycles. The van der Waals surface area contributed by atoms with E-state index >= 15 is 0 Å². The Labute approximate surface area is 147 Å². The van der Waals surface area contributed by atoms with Crippen molar-refractivity contribution in [1.29, 1.82) is 0 Å². The summed E-state index contributed by atoms with van der Waals surface area (Å²) in [5.41, 5.74) is 3.37. The lowest BCUT2D eigenvalue weighted by Gasteiger charge is -2.19. The van der Waals surface area contributed by atoms with Crippen LogP contribution in [0.4, 0.5) is 4.39 Å². The molecule has 0 aliphatic rings. The second-order valence-corrected chi connectivity index (χ2v) is 6.06. The first-order valence-electron chi connectivity index (χ1n) is 8.23. The third-order valence-corrected chi connectivity index (χ3v) is 4.18. The molecule has 3 rings (SSSR count). The van der Waals surface area contributed by atoms with Crippen LogP contribution in [0, 0.1) is 5.82 Å².